The van der Waals surface area contributed by atoms with Crippen LogP contribution in [0.5, 0.6) is 0 Å². The summed E-state index contributed by atoms with van der Waals surface area (Å²) in [7, 11) is 0. The maximum absolute atomic E-state index is 12.8. The smallest absolute Gasteiger partial charge is 0.322 e. The zero-order valence-corrected chi connectivity index (χ0v) is 17.4. The molecule has 3 N–H and O–H groups in total. The number of rotatable bonds is 7. The van der Waals surface area contributed by atoms with Crippen LogP contribution >= 0.6 is 12.4 Å². The summed E-state index contributed by atoms with van der Waals surface area (Å²) >= 11 is 0. The van der Waals surface area contributed by atoms with Crippen LogP contribution in [0.1, 0.15) is 59.3 Å². The number of nitrogens with one attached hydrogen (secondary N) is 2. The van der Waals surface area contributed by atoms with Crippen molar-refractivity contribution >= 4 is 30.2 Å². The molecule has 0 aromatic rings. The van der Waals surface area contributed by atoms with Crippen molar-refractivity contribution in [1.29, 1.82) is 0 Å². The molecule has 2 fully saturated rings. The average Bonchev–Trinajstić information content (AvgIpc) is 2.61. The largest absolute Gasteiger partial charge is 0.480 e. The van der Waals surface area contributed by atoms with Gasteiger partial charge in [0.1, 0.15) is 6.54 Å². The Morgan fingerprint density at radius 1 is 1.22 bits per heavy atom. The quantitative estimate of drug-likeness (QED) is 0.602. The Bertz CT molecular complexity index is 531. The van der Waals surface area contributed by atoms with E-state index < -0.39 is 5.97 Å². The van der Waals surface area contributed by atoms with Crippen LogP contribution in [0.4, 0.5) is 0 Å². The fourth-order valence-electron chi connectivity index (χ4n) is 4.45. The Kier molecular flexibility index (Phi) is 9.53. The van der Waals surface area contributed by atoms with E-state index in [2.05, 4.69) is 29.4 Å². The van der Waals surface area contributed by atoms with E-state index in [4.69, 9.17) is 5.11 Å². The minimum absolute atomic E-state index is 0. The lowest BCUT2D eigenvalue weighted by molar-refractivity contribution is -0.140. The molecule has 1 saturated carbocycles. The van der Waals surface area contributed by atoms with Gasteiger partial charge in [-0.2, -0.15) is 0 Å². The highest BCUT2D eigenvalue weighted by atomic mass is 35.5. The van der Waals surface area contributed by atoms with Crippen molar-refractivity contribution in [3.63, 3.8) is 0 Å². The molecule has 7 nitrogen and oxygen atoms in total. The number of nitrogens with zero attached hydrogens (tertiary/aromatic N) is 1. The van der Waals surface area contributed by atoms with Gasteiger partial charge in [0.15, 0.2) is 0 Å². The monoisotopic (exact) mass is 403 g/mol. The van der Waals surface area contributed by atoms with Gasteiger partial charge in [0.05, 0.1) is 6.54 Å². The first-order valence-corrected chi connectivity index (χ1v) is 9.88. The molecule has 1 heterocycles. The van der Waals surface area contributed by atoms with Crippen LogP contribution in [0.15, 0.2) is 0 Å². The molecule has 5 unspecified atom stereocenters. The molecule has 2 aliphatic rings. The summed E-state index contributed by atoms with van der Waals surface area (Å²) in [5.74, 6) is -0.870. The van der Waals surface area contributed by atoms with E-state index in [9.17, 15) is 14.4 Å². The maximum Gasteiger partial charge on any atom is 0.322 e. The number of likely N-dealkylation sites (tertiary alicyclic amines) is 1. The van der Waals surface area contributed by atoms with Crippen LogP contribution in [-0.2, 0) is 14.4 Å². The number of piperidine rings is 1. The van der Waals surface area contributed by atoms with Crippen molar-refractivity contribution in [2.24, 2.45) is 11.8 Å². The molecule has 5 atom stereocenters. The molecule has 0 radical (unpaired) electrons. The Balaban J connectivity index is 0.00000364. The molecular weight excluding hydrogens is 370 g/mol. The number of carbonyl (C=O) groups excluding carboxylic acids is 2. The molecule has 2 amide bonds. The number of fused-ring (bicyclic) bond motifs is 1. The third kappa shape index (κ3) is 6.35. The summed E-state index contributed by atoms with van der Waals surface area (Å²) in [6.07, 6.45) is 5.91. The third-order valence-electron chi connectivity index (χ3n) is 5.99. The molecule has 1 saturated heterocycles. The minimum Gasteiger partial charge on any atom is -0.480 e. The van der Waals surface area contributed by atoms with Crippen LogP contribution in [0.3, 0.4) is 0 Å². The van der Waals surface area contributed by atoms with Crippen LogP contribution in [-0.4, -0.2) is 59.0 Å². The Labute approximate surface area is 168 Å². The zero-order chi connectivity index (χ0) is 19.3. The summed E-state index contributed by atoms with van der Waals surface area (Å²) in [6.45, 7) is 6.01. The highest BCUT2D eigenvalue weighted by Crippen LogP contribution is 2.41. The number of amides is 2. The van der Waals surface area contributed by atoms with Crippen molar-refractivity contribution in [2.45, 2.75) is 77.4 Å². The lowest BCUT2D eigenvalue weighted by atomic mass is 9.69. The second kappa shape index (κ2) is 10.9. The highest BCUT2D eigenvalue weighted by molar-refractivity contribution is 5.85. The zero-order valence-electron chi connectivity index (χ0n) is 16.6. The van der Waals surface area contributed by atoms with Gasteiger partial charge in [-0.25, -0.2) is 0 Å². The normalized spacial score (nSPS) is 29.0. The Hall–Kier alpha value is -1.34. The van der Waals surface area contributed by atoms with Gasteiger partial charge in [-0.15, -0.1) is 12.4 Å². The second-order valence-corrected chi connectivity index (χ2v) is 7.87. The Morgan fingerprint density at radius 2 is 1.89 bits per heavy atom. The van der Waals surface area contributed by atoms with E-state index in [1.807, 2.05) is 6.92 Å². The first-order chi connectivity index (χ1) is 12.3. The molecule has 1 aliphatic heterocycles. The van der Waals surface area contributed by atoms with Crippen LogP contribution in [0, 0.1) is 11.8 Å². The van der Waals surface area contributed by atoms with E-state index in [0.29, 0.717) is 0 Å². The number of carbonyl (C=O) groups is 3. The summed E-state index contributed by atoms with van der Waals surface area (Å²) < 4.78 is 0. The number of carboxylic acid groups (broad SMARTS) is 1. The average molecular weight is 404 g/mol. The van der Waals surface area contributed by atoms with Crippen LogP contribution < -0.4 is 10.6 Å². The first-order valence-electron chi connectivity index (χ1n) is 9.88. The summed E-state index contributed by atoms with van der Waals surface area (Å²) in [5.41, 5.74) is 0. The summed E-state index contributed by atoms with van der Waals surface area (Å²) in [5, 5.41) is 14.3. The van der Waals surface area contributed by atoms with Gasteiger partial charge in [-0.1, -0.05) is 19.8 Å². The predicted molar refractivity (Wildman–Crippen MR) is 106 cm³/mol. The summed E-state index contributed by atoms with van der Waals surface area (Å²) in [6, 6.07) is 0.521. The third-order valence-corrected chi connectivity index (χ3v) is 5.99. The summed E-state index contributed by atoms with van der Waals surface area (Å²) in [4.78, 5) is 37.8. The van der Waals surface area contributed by atoms with Gasteiger partial charge in [0, 0.05) is 24.0 Å². The van der Waals surface area contributed by atoms with Gasteiger partial charge in [-0.3, -0.25) is 19.3 Å². The first kappa shape index (κ1) is 23.7. The van der Waals surface area contributed by atoms with E-state index in [1.54, 1.807) is 0 Å². The minimum atomic E-state index is -1.04. The number of halogens is 1. The number of hydrogen-bond donors (Lipinski definition) is 3. The molecule has 156 valence electrons. The molecule has 27 heavy (non-hydrogen) atoms. The molecule has 0 bridgehead atoms. The lowest BCUT2D eigenvalue weighted by Crippen LogP contribution is -2.59. The molecule has 0 spiro atoms. The second-order valence-electron chi connectivity index (χ2n) is 7.87. The molecule has 8 heteroatoms. The molecular formula is C19H34ClN3O4. The van der Waals surface area contributed by atoms with Gasteiger partial charge in [-0.05, 0) is 45.4 Å². The SMILES string of the molecule is CCC(C)NC(=O)C1CC(C)N(CC(=O)NCC(=O)O)C2CCCCC12.Cl. The highest BCUT2D eigenvalue weighted by Gasteiger charge is 2.45. The van der Waals surface area contributed by atoms with Crippen molar-refractivity contribution in [1.82, 2.24) is 15.5 Å². The molecule has 0 aromatic heterocycles. The van der Waals surface area contributed by atoms with Crippen molar-refractivity contribution in [3.8, 4) is 0 Å². The molecule has 1 aliphatic carbocycles. The van der Waals surface area contributed by atoms with Crippen LogP contribution in [0.2, 0.25) is 0 Å². The fraction of sp³-hybridized carbons (Fsp3) is 0.842. The molecule has 0 aromatic carbocycles. The van der Waals surface area contributed by atoms with E-state index >= 15 is 0 Å². The van der Waals surface area contributed by atoms with Gasteiger partial charge < -0.3 is 15.7 Å². The van der Waals surface area contributed by atoms with Crippen molar-refractivity contribution in [3.05, 3.63) is 0 Å². The molecule has 2 rings (SSSR count). The van der Waals surface area contributed by atoms with Crippen LogP contribution in [0.25, 0.3) is 0 Å². The van der Waals surface area contributed by atoms with Crippen molar-refractivity contribution in [2.75, 3.05) is 13.1 Å². The van der Waals surface area contributed by atoms with E-state index in [0.717, 1.165) is 38.5 Å². The van der Waals surface area contributed by atoms with Crippen molar-refractivity contribution < 1.29 is 19.5 Å². The number of carboxylic acids is 1. The topological polar surface area (TPSA) is 98.7 Å². The fourth-order valence-corrected chi connectivity index (χ4v) is 4.45. The maximum atomic E-state index is 12.8. The number of aliphatic carboxylic acids is 1. The van der Waals surface area contributed by atoms with Gasteiger partial charge >= 0.3 is 5.97 Å². The van der Waals surface area contributed by atoms with E-state index in [-0.39, 0.29) is 67.3 Å². The van der Waals surface area contributed by atoms with Gasteiger partial charge in [0.25, 0.3) is 0 Å². The predicted octanol–water partition coefficient (Wildman–Crippen LogP) is 1.79. The van der Waals surface area contributed by atoms with E-state index in [1.165, 1.54) is 0 Å². The lowest BCUT2D eigenvalue weighted by Gasteiger charge is -2.50. The van der Waals surface area contributed by atoms with Gasteiger partial charge in [0.2, 0.25) is 11.8 Å². The number of hydrogen-bond acceptors (Lipinski definition) is 4. The standard InChI is InChI=1S/C19H33N3O4.ClH/c1-4-12(2)21-19(26)15-9-13(3)22(11-17(23)20-10-18(24)25)16-8-6-5-7-14(15)16;/h12-16H,4-11H2,1-3H3,(H,20,23)(H,21,26)(H,24,25);1H. The Morgan fingerprint density at radius 3 is 2.52 bits per heavy atom.